The summed E-state index contributed by atoms with van der Waals surface area (Å²) in [5.74, 6) is 0.0393. The molecule has 0 aromatic heterocycles. The highest BCUT2D eigenvalue weighted by molar-refractivity contribution is 7.89. The molecule has 0 saturated carbocycles. The zero-order valence-corrected chi connectivity index (χ0v) is 17.8. The Labute approximate surface area is 179 Å². The molecule has 0 radical (unpaired) electrons. The molecule has 29 heavy (non-hydrogen) atoms. The quantitative estimate of drug-likeness (QED) is 0.534. The Balaban J connectivity index is 1.73. The molecule has 1 heterocycles. The molecule has 1 unspecified atom stereocenters. The molecule has 154 valence electrons. The van der Waals surface area contributed by atoms with Crippen LogP contribution in [0.5, 0.6) is 5.75 Å². The second-order valence-electron chi connectivity index (χ2n) is 6.35. The minimum Gasteiger partial charge on any atom is -0.496 e. The van der Waals surface area contributed by atoms with E-state index in [2.05, 4.69) is 10.5 Å². The molecule has 0 bridgehead atoms. The predicted molar refractivity (Wildman–Crippen MR) is 112 cm³/mol. The highest BCUT2D eigenvalue weighted by atomic mass is 35.5. The maximum absolute atomic E-state index is 12.9. The number of halogens is 2. The lowest BCUT2D eigenvalue weighted by atomic mass is 10.2. The van der Waals surface area contributed by atoms with E-state index < -0.39 is 22.0 Å². The second-order valence-corrected chi connectivity index (χ2v) is 9.11. The van der Waals surface area contributed by atoms with Gasteiger partial charge in [0.05, 0.1) is 18.2 Å². The Bertz CT molecular complexity index is 1030. The topological polar surface area (TPSA) is 88.1 Å². The number of benzene rings is 2. The summed E-state index contributed by atoms with van der Waals surface area (Å²) in [6.07, 6.45) is 2.39. The van der Waals surface area contributed by atoms with E-state index in [4.69, 9.17) is 27.9 Å². The molecule has 0 aliphatic carbocycles. The molecule has 1 N–H and O–H groups in total. The molecule has 1 aliphatic heterocycles. The molecule has 3 rings (SSSR count). The smallest absolute Gasteiger partial charge is 0.258 e. The number of hydrogen-bond donors (Lipinski definition) is 1. The standard InChI is InChI=1S/C19H19Cl2N3O4S/c1-28-18-9-6-15(21)11-13(18)12-22-23-19(25)17-3-2-10-24(17)29(26,27)16-7-4-14(20)5-8-16/h4-9,11-12,17H,2-3,10H2,1H3,(H,23,25)/b22-12+. The Morgan fingerprint density at radius 2 is 1.90 bits per heavy atom. The predicted octanol–water partition coefficient (Wildman–Crippen LogP) is 3.31. The fourth-order valence-electron chi connectivity index (χ4n) is 3.08. The molecule has 7 nitrogen and oxygen atoms in total. The number of carbonyl (C=O) groups excluding carboxylic acids is 1. The largest absolute Gasteiger partial charge is 0.496 e. The summed E-state index contributed by atoms with van der Waals surface area (Å²) in [4.78, 5) is 12.7. The van der Waals surface area contributed by atoms with Crippen molar-refractivity contribution in [2.45, 2.75) is 23.8 Å². The first-order valence-electron chi connectivity index (χ1n) is 8.77. The van der Waals surface area contributed by atoms with Gasteiger partial charge in [0.2, 0.25) is 10.0 Å². The van der Waals surface area contributed by atoms with Crippen LogP contribution in [-0.2, 0) is 14.8 Å². The van der Waals surface area contributed by atoms with E-state index in [-0.39, 0.29) is 11.4 Å². The lowest BCUT2D eigenvalue weighted by molar-refractivity contribution is -0.124. The van der Waals surface area contributed by atoms with E-state index in [1.165, 1.54) is 41.9 Å². The van der Waals surface area contributed by atoms with Gasteiger partial charge in [-0.15, -0.1) is 0 Å². The minimum atomic E-state index is -3.82. The second kappa shape index (κ2) is 9.13. The van der Waals surface area contributed by atoms with Crippen molar-refractivity contribution in [1.29, 1.82) is 0 Å². The van der Waals surface area contributed by atoms with Gasteiger partial charge in [0.1, 0.15) is 11.8 Å². The average molecular weight is 456 g/mol. The summed E-state index contributed by atoms with van der Waals surface area (Å²) in [6.45, 7) is 0.259. The molecule has 2 aromatic carbocycles. The Morgan fingerprint density at radius 3 is 2.59 bits per heavy atom. The number of ether oxygens (including phenoxy) is 1. The molecule has 1 fully saturated rings. The van der Waals surface area contributed by atoms with Gasteiger partial charge in [-0.05, 0) is 55.3 Å². The molecular formula is C19H19Cl2N3O4S. The summed E-state index contributed by atoms with van der Waals surface area (Å²) in [5.41, 5.74) is 2.99. The van der Waals surface area contributed by atoms with Crippen LogP contribution in [0.2, 0.25) is 10.0 Å². The number of nitrogens with one attached hydrogen (secondary N) is 1. The van der Waals surface area contributed by atoms with Crippen LogP contribution in [0.3, 0.4) is 0 Å². The average Bonchev–Trinajstić information content (AvgIpc) is 3.19. The maximum Gasteiger partial charge on any atom is 0.258 e. The van der Waals surface area contributed by atoms with Crippen LogP contribution in [0.1, 0.15) is 18.4 Å². The molecule has 2 aromatic rings. The number of sulfonamides is 1. The summed E-state index contributed by atoms with van der Waals surface area (Å²) in [6, 6.07) is 10.0. The Hall–Kier alpha value is -2.13. The fourth-order valence-corrected chi connectivity index (χ4v) is 5.04. The van der Waals surface area contributed by atoms with E-state index in [1.807, 2.05) is 0 Å². The summed E-state index contributed by atoms with van der Waals surface area (Å²) >= 11 is 11.8. The van der Waals surface area contributed by atoms with Crippen LogP contribution in [0, 0.1) is 0 Å². The first-order valence-corrected chi connectivity index (χ1v) is 11.0. The van der Waals surface area contributed by atoms with E-state index in [0.29, 0.717) is 34.2 Å². The maximum atomic E-state index is 12.9. The molecule has 1 saturated heterocycles. The fraction of sp³-hybridized carbons (Fsp3) is 0.263. The molecule has 10 heteroatoms. The number of amides is 1. The van der Waals surface area contributed by atoms with Gasteiger partial charge < -0.3 is 4.74 Å². The van der Waals surface area contributed by atoms with Crippen LogP contribution in [0.25, 0.3) is 0 Å². The number of hydrogen-bond acceptors (Lipinski definition) is 5. The van der Waals surface area contributed by atoms with E-state index in [9.17, 15) is 13.2 Å². The number of methoxy groups -OCH3 is 1. The van der Waals surface area contributed by atoms with Crippen molar-refractivity contribution in [3.8, 4) is 5.75 Å². The van der Waals surface area contributed by atoms with E-state index in [1.54, 1.807) is 18.2 Å². The van der Waals surface area contributed by atoms with E-state index >= 15 is 0 Å². The zero-order valence-electron chi connectivity index (χ0n) is 15.5. The van der Waals surface area contributed by atoms with Crippen molar-refractivity contribution in [2.24, 2.45) is 5.10 Å². The van der Waals surface area contributed by atoms with Gasteiger partial charge in [-0.2, -0.15) is 9.41 Å². The lowest BCUT2D eigenvalue weighted by Gasteiger charge is -2.22. The lowest BCUT2D eigenvalue weighted by Crippen LogP contribution is -2.44. The monoisotopic (exact) mass is 455 g/mol. The Kier molecular flexibility index (Phi) is 6.79. The molecule has 1 aliphatic rings. The van der Waals surface area contributed by atoms with Crippen molar-refractivity contribution in [3.63, 3.8) is 0 Å². The van der Waals surface area contributed by atoms with Gasteiger partial charge in [-0.1, -0.05) is 23.2 Å². The van der Waals surface area contributed by atoms with Crippen LogP contribution >= 0.6 is 23.2 Å². The van der Waals surface area contributed by atoms with Crippen molar-refractivity contribution in [1.82, 2.24) is 9.73 Å². The summed E-state index contributed by atoms with van der Waals surface area (Å²) in [5, 5.41) is 4.87. The summed E-state index contributed by atoms with van der Waals surface area (Å²) < 4.78 is 32.2. The minimum absolute atomic E-state index is 0.0914. The van der Waals surface area contributed by atoms with Crippen molar-refractivity contribution in [2.75, 3.05) is 13.7 Å². The SMILES string of the molecule is COc1ccc(Cl)cc1/C=N/NC(=O)C1CCCN1S(=O)(=O)c1ccc(Cl)cc1. The van der Waals surface area contributed by atoms with Gasteiger partial charge in [0.25, 0.3) is 5.91 Å². The van der Waals surface area contributed by atoms with Crippen LogP contribution < -0.4 is 10.2 Å². The highest BCUT2D eigenvalue weighted by Crippen LogP contribution is 2.27. The third-order valence-corrected chi connectivity index (χ3v) is 6.91. The normalized spacial score (nSPS) is 17.6. The number of hydrazone groups is 1. The van der Waals surface area contributed by atoms with Crippen LogP contribution in [-0.4, -0.2) is 44.5 Å². The number of nitrogens with zero attached hydrogens (tertiary/aromatic N) is 2. The van der Waals surface area contributed by atoms with Crippen LogP contribution in [0.15, 0.2) is 52.5 Å². The van der Waals surface area contributed by atoms with Gasteiger partial charge >= 0.3 is 0 Å². The van der Waals surface area contributed by atoms with Crippen LogP contribution in [0.4, 0.5) is 0 Å². The Morgan fingerprint density at radius 1 is 1.21 bits per heavy atom. The van der Waals surface area contributed by atoms with Gasteiger partial charge in [0, 0.05) is 22.2 Å². The van der Waals surface area contributed by atoms with Gasteiger partial charge in [0.15, 0.2) is 0 Å². The van der Waals surface area contributed by atoms with Crippen molar-refractivity contribution >= 4 is 45.3 Å². The molecular weight excluding hydrogens is 437 g/mol. The van der Waals surface area contributed by atoms with Crippen molar-refractivity contribution < 1.29 is 17.9 Å². The first-order chi connectivity index (χ1) is 13.8. The molecule has 1 atom stereocenters. The third-order valence-electron chi connectivity index (χ3n) is 4.50. The van der Waals surface area contributed by atoms with Gasteiger partial charge in [-0.3, -0.25) is 4.79 Å². The molecule has 0 spiro atoms. The molecule has 1 amide bonds. The summed E-state index contributed by atoms with van der Waals surface area (Å²) in [7, 11) is -2.31. The van der Waals surface area contributed by atoms with Crippen molar-refractivity contribution in [3.05, 3.63) is 58.1 Å². The van der Waals surface area contributed by atoms with E-state index in [0.717, 1.165) is 0 Å². The first kappa shape index (κ1) is 21.6. The third kappa shape index (κ3) is 4.90. The number of rotatable bonds is 6. The van der Waals surface area contributed by atoms with Gasteiger partial charge in [-0.25, -0.2) is 13.8 Å². The number of carbonyl (C=O) groups is 1. The zero-order chi connectivity index (χ0) is 21.0. The highest BCUT2D eigenvalue weighted by Gasteiger charge is 2.39.